The van der Waals surface area contributed by atoms with Gasteiger partial charge in [0, 0.05) is 108 Å². The predicted octanol–water partition coefficient (Wildman–Crippen LogP) is 6.61. The van der Waals surface area contributed by atoms with E-state index in [0.29, 0.717) is 103 Å². The Hall–Kier alpha value is -6.71. The molecule has 0 unspecified atom stereocenters. The summed E-state index contributed by atoms with van der Waals surface area (Å²) in [7, 11) is 0. The zero-order valence-electron chi connectivity index (χ0n) is 45.3. The second-order valence-corrected chi connectivity index (χ2v) is 21.6. The molecule has 6 aromatic rings. The molecule has 6 aliphatic rings. The van der Waals surface area contributed by atoms with Crippen LogP contribution in [0, 0.1) is 23.0 Å². The van der Waals surface area contributed by atoms with Crippen molar-refractivity contribution >= 4 is 11.9 Å². The predicted molar refractivity (Wildman–Crippen MR) is 297 cm³/mol. The average Bonchev–Trinajstić information content (AvgIpc) is 3.99. The van der Waals surface area contributed by atoms with Crippen LogP contribution >= 0.6 is 0 Å². The standard InChI is InChI=1S/C29H38FN7O3.C29H34FN7O3/c2*30-20-1-5-23(6-2-20)37-27(26(19-31)36(29(37)38)24-10-15-39-16-11-24)25-9-12-32-28(34-25)33-21-3-7-22(8-4-21)35-13-17-40-18-14-35/h1-2,5-6,9,12,21-22,24H,3-4,7-8,10-11,13-19,31H2,(H,32,33,34);1-2,5-6,9,12,21-22,24H,3-4,7-8,10-11,13-18H2,(H,32,33,34). The number of nitrogens with zero attached hydrogens (tertiary/aromatic N) is 11. The summed E-state index contributed by atoms with van der Waals surface area (Å²) in [5.74, 6) is 0.234. The van der Waals surface area contributed by atoms with Gasteiger partial charge in [-0.05, 0) is 138 Å². The highest BCUT2D eigenvalue weighted by molar-refractivity contribution is 5.66. The lowest BCUT2D eigenvalue weighted by atomic mass is 9.90. The van der Waals surface area contributed by atoms with Gasteiger partial charge in [0.25, 0.3) is 0 Å². The number of ether oxygens (including phenoxy) is 4. The Morgan fingerprint density at radius 1 is 0.525 bits per heavy atom. The van der Waals surface area contributed by atoms with E-state index in [9.17, 15) is 23.6 Å². The van der Waals surface area contributed by atoms with Gasteiger partial charge in [-0.3, -0.25) is 28.1 Å². The van der Waals surface area contributed by atoms with E-state index in [2.05, 4.69) is 36.5 Å². The SMILES string of the molecule is N#Cc1c(-c2ccnc(NC3CCC(N4CCOCC4)CC3)n2)n(-c2ccc(F)cc2)c(=O)n1C1CCOCC1.NCc1c(-c2ccnc(NC3CCC(N4CCOCC4)CC3)n2)n(-c2ccc(F)cc2)c(=O)n1C1CCOCC1. The molecule has 80 heavy (non-hydrogen) atoms. The third-order valence-corrected chi connectivity index (χ3v) is 16.8. The lowest BCUT2D eigenvalue weighted by Crippen LogP contribution is -2.46. The number of rotatable bonds is 13. The zero-order chi connectivity index (χ0) is 55.0. The zero-order valence-corrected chi connectivity index (χ0v) is 45.3. The number of benzene rings is 2. The molecule has 6 fully saturated rings. The lowest BCUT2D eigenvalue weighted by molar-refractivity contribution is 0.00787. The monoisotopic (exact) mass is 1100 g/mol. The van der Waals surface area contributed by atoms with Crippen molar-refractivity contribution in [2.75, 3.05) is 89.7 Å². The highest BCUT2D eigenvalue weighted by Crippen LogP contribution is 2.34. The molecule has 20 nitrogen and oxygen atoms in total. The van der Waals surface area contributed by atoms with Crippen LogP contribution in [0.1, 0.15) is 101 Å². The molecule has 0 radical (unpaired) electrons. The Morgan fingerprint density at radius 2 is 0.925 bits per heavy atom. The number of halogens is 2. The third kappa shape index (κ3) is 12.3. The second-order valence-electron chi connectivity index (χ2n) is 21.6. The van der Waals surface area contributed by atoms with Gasteiger partial charge in [-0.25, -0.2) is 38.3 Å². The Balaban J connectivity index is 0.000000169. The summed E-state index contributed by atoms with van der Waals surface area (Å²) < 4.78 is 56.1. The largest absolute Gasteiger partial charge is 0.381 e. The third-order valence-electron chi connectivity index (χ3n) is 16.8. The van der Waals surface area contributed by atoms with Gasteiger partial charge < -0.3 is 35.3 Å². The van der Waals surface area contributed by atoms with Crippen LogP contribution in [0.15, 0.2) is 82.6 Å². The molecule has 0 bridgehead atoms. The van der Waals surface area contributed by atoms with Gasteiger partial charge in [-0.1, -0.05) is 0 Å². The molecule has 4 aromatic heterocycles. The Morgan fingerprint density at radius 3 is 1.36 bits per heavy atom. The molecule has 12 rings (SSSR count). The van der Waals surface area contributed by atoms with Crippen LogP contribution in [0.2, 0.25) is 0 Å². The van der Waals surface area contributed by atoms with E-state index in [1.54, 1.807) is 56.4 Å². The van der Waals surface area contributed by atoms with Crippen LogP contribution < -0.4 is 27.7 Å². The molecule has 424 valence electrons. The van der Waals surface area contributed by atoms with Gasteiger partial charge >= 0.3 is 11.4 Å². The first-order valence-corrected chi connectivity index (χ1v) is 28.6. The molecule has 4 aliphatic heterocycles. The van der Waals surface area contributed by atoms with E-state index in [4.69, 9.17) is 34.6 Å². The van der Waals surface area contributed by atoms with Crippen molar-refractivity contribution in [1.82, 2.24) is 48.0 Å². The highest BCUT2D eigenvalue weighted by Gasteiger charge is 2.33. The molecule has 22 heteroatoms. The van der Waals surface area contributed by atoms with Crippen LogP contribution in [0.5, 0.6) is 0 Å². The topological polar surface area (TPSA) is 223 Å². The normalized spacial score (nSPS) is 22.7. The summed E-state index contributed by atoms with van der Waals surface area (Å²) in [6.45, 7) is 9.67. The molecule has 2 saturated carbocycles. The maximum Gasteiger partial charge on any atom is 0.334 e. The van der Waals surface area contributed by atoms with Crippen molar-refractivity contribution in [3.63, 3.8) is 0 Å². The smallest absolute Gasteiger partial charge is 0.334 e. The first-order valence-electron chi connectivity index (χ1n) is 28.6. The van der Waals surface area contributed by atoms with Gasteiger partial charge in [0.05, 0.1) is 60.6 Å². The number of nitrogens with two attached hydrogens (primary N) is 1. The fraction of sp³-hybridized carbons (Fsp3) is 0.534. The summed E-state index contributed by atoms with van der Waals surface area (Å²) in [5, 5.41) is 17.3. The van der Waals surface area contributed by atoms with E-state index in [-0.39, 0.29) is 53.6 Å². The van der Waals surface area contributed by atoms with Crippen molar-refractivity contribution < 1.29 is 27.7 Å². The van der Waals surface area contributed by atoms with Crippen molar-refractivity contribution in [2.24, 2.45) is 5.73 Å². The molecule has 0 spiro atoms. The minimum atomic E-state index is -0.403. The molecule has 4 saturated heterocycles. The van der Waals surface area contributed by atoms with Crippen LogP contribution in [0.25, 0.3) is 34.2 Å². The summed E-state index contributed by atoms with van der Waals surface area (Å²) in [6.07, 6.45) is 14.7. The average molecular weight is 1100 g/mol. The quantitative estimate of drug-likeness (QED) is 0.111. The number of hydrogen-bond acceptors (Lipinski definition) is 16. The minimum absolute atomic E-state index is 0.0265. The van der Waals surface area contributed by atoms with E-state index in [0.717, 1.165) is 117 Å². The van der Waals surface area contributed by atoms with E-state index in [1.807, 2.05) is 6.07 Å². The molecule has 2 aliphatic carbocycles. The first kappa shape index (κ1) is 55.2. The number of nitrogens with one attached hydrogen (secondary N) is 2. The Bertz CT molecular complexity index is 3170. The fourth-order valence-electron chi connectivity index (χ4n) is 12.7. The summed E-state index contributed by atoms with van der Waals surface area (Å²) in [5.41, 5.74) is 9.79. The van der Waals surface area contributed by atoms with Crippen LogP contribution in [0.3, 0.4) is 0 Å². The minimum Gasteiger partial charge on any atom is -0.381 e. The van der Waals surface area contributed by atoms with Gasteiger partial charge in [0.15, 0.2) is 5.69 Å². The summed E-state index contributed by atoms with van der Waals surface area (Å²) >= 11 is 0. The molecule has 0 amide bonds. The van der Waals surface area contributed by atoms with Crippen molar-refractivity contribution in [1.29, 1.82) is 5.26 Å². The summed E-state index contributed by atoms with van der Waals surface area (Å²) in [4.78, 5) is 51.6. The number of imidazole rings is 2. The van der Waals surface area contributed by atoms with Crippen molar-refractivity contribution in [3.05, 3.63) is 117 Å². The van der Waals surface area contributed by atoms with Crippen LogP contribution in [-0.4, -0.2) is 151 Å². The van der Waals surface area contributed by atoms with Crippen LogP contribution in [-0.2, 0) is 25.5 Å². The number of hydrogen-bond donors (Lipinski definition) is 3. The van der Waals surface area contributed by atoms with E-state index < -0.39 is 5.82 Å². The number of aromatic nitrogens is 8. The highest BCUT2D eigenvalue weighted by atomic mass is 19.1. The van der Waals surface area contributed by atoms with Gasteiger partial charge in [0.2, 0.25) is 11.9 Å². The maximum atomic E-state index is 14.0. The van der Waals surface area contributed by atoms with Crippen LogP contribution in [0.4, 0.5) is 20.7 Å². The molecule has 8 heterocycles. The Labute approximate surface area is 463 Å². The van der Waals surface area contributed by atoms with E-state index in [1.165, 1.54) is 28.8 Å². The maximum absolute atomic E-state index is 14.0. The second kappa shape index (κ2) is 25.8. The fourth-order valence-corrected chi connectivity index (χ4v) is 12.7. The summed E-state index contributed by atoms with van der Waals surface area (Å²) in [6, 6.07) is 19.0. The van der Waals surface area contributed by atoms with E-state index >= 15 is 0 Å². The van der Waals surface area contributed by atoms with Gasteiger partial charge in [-0.15, -0.1) is 0 Å². The van der Waals surface area contributed by atoms with Gasteiger partial charge in [-0.2, -0.15) is 5.26 Å². The molecule has 0 atom stereocenters. The number of nitriles is 1. The Kier molecular flexibility index (Phi) is 17.8. The van der Waals surface area contributed by atoms with Crippen molar-refractivity contribution in [2.45, 2.75) is 120 Å². The molecule has 2 aromatic carbocycles. The van der Waals surface area contributed by atoms with Gasteiger partial charge in [0.1, 0.15) is 23.4 Å². The first-order chi connectivity index (χ1) is 39.2. The number of morpholine rings is 2. The molecule has 4 N–H and O–H groups in total. The van der Waals surface area contributed by atoms with Crippen molar-refractivity contribution in [3.8, 4) is 40.2 Å². The number of anilines is 2. The molecular formula is C58H72F2N14O6. The lowest BCUT2D eigenvalue weighted by Gasteiger charge is -2.38. The molecular weight excluding hydrogens is 1030 g/mol.